The van der Waals surface area contributed by atoms with Gasteiger partial charge < -0.3 is 9.64 Å². The Balaban J connectivity index is 2.15. The van der Waals surface area contributed by atoms with Crippen molar-refractivity contribution >= 4 is 17.5 Å². The second-order valence-corrected chi connectivity index (χ2v) is 6.04. The Bertz CT molecular complexity index is 441. The zero-order valence-corrected chi connectivity index (χ0v) is 13.4. The molecule has 2 rings (SSSR count). The molecule has 0 aliphatic heterocycles. The molecule has 0 bridgehead atoms. The third-order valence-electron chi connectivity index (χ3n) is 3.73. The molecule has 2 atom stereocenters. The second-order valence-electron chi connectivity index (χ2n) is 5.47. The van der Waals surface area contributed by atoms with Crippen molar-refractivity contribution in [2.45, 2.75) is 57.4 Å². The van der Waals surface area contributed by atoms with Crippen LogP contribution in [0.2, 0.25) is 0 Å². The van der Waals surface area contributed by atoms with Crippen molar-refractivity contribution in [3.05, 3.63) is 11.8 Å². The molecule has 1 aliphatic rings. The van der Waals surface area contributed by atoms with Crippen LogP contribution in [0.5, 0.6) is 5.88 Å². The first-order chi connectivity index (χ1) is 9.61. The highest BCUT2D eigenvalue weighted by Gasteiger charge is 2.28. The molecule has 4 nitrogen and oxygen atoms in total. The highest BCUT2D eigenvalue weighted by molar-refractivity contribution is 6.21. The van der Waals surface area contributed by atoms with Gasteiger partial charge in [-0.3, -0.25) is 0 Å². The summed E-state index contributed by atoms with van der Waals surface area (Å²) in [5.74, 6) is 1.37. The van der Waals surface area contributed by atoms with Gasteiger partial charge in [0.2, 0.25) is 11.8 Å². The Hall–Kier alpha value is -1.03. The van der Waals surface area contributed by atoms with E-state index in [-0.39, 0.29) is 5.38 Å². The van der Waals surface area contributed by atoms with Crippen LogP contribution in [0, 0.1) is 6.92 Å². The largest absolute Gasteiger partial charge is 0.478 e. The molecular formula is C15H24ClN3O. The Morgan fingerprint density at radius 3 is 2.80 bits per heavy atom. The minimum Gasteiger partial charge on any atom is -0.478 e. The molecule has 1 aromatic heterocycles. The zero-order valence-electron chi connectivity index (χ0n) is 12.6. The fourth-order valence-electron chi connectivity index (χ4n) is 2.61. The van der Waals surface area contributed by atoms with Crippen LogP contribution in [-0.2, 0) is 0 Å². The quantitative estimate of drug-likeness (QED) is 0.779. The first-order valence-electron chi connectivity index (χ1n) is 7.47. The maximum atomic E-state index is 6.46. The number of ether oxygens (including phenoxy) is 1. The van der Waals surface area contributed by atoms with Crippen LogP contribution in [0.1, 0.15) is 44.7 Å². The maximum absolute atomic E-state index is 6.46. The molecular weight excluding hydrogens is 274 g/mol. The van der Waals surface area contributed by atoms with E-state index in [1.54, 1.807) is 0 Å². The smallest absolute Gasteiger partial charge is 0.228 e. The molecule has 0 amide bonds. The van der Waals surface area contributed by atoms with Crippen LogP contribution in [0.15, 0.2) is 6.07 Å². The van der Waals surface area contributed by atoms with E-state index in [2.05, 4.69) is 21.8 Å². The van der Waals surface area contributed by atoms with Crippen molar-refractivity contribution < 1.29 is 4.74 Å². The third-order valence-corrected chi connectivity index (χ3v) is 4.24. The first-order valence-corrected chi connectivity index (χ1v) is 7.91. The lowest BCUT2D eigenvalue weighted by molar-refractivity contribution is 0.304. The Morgan fingerprint density at radius 1 is 1.35 bits per heavy atom. The van der Waals surface area contributed by atoms with Crippen LogP contribution in [-0.4, -0.2) is 35.0 Å². The van der Waals surface area contributed by atoms with Crippen LogP contribution >= 0.6 is 11.6 Å². The summed E-state index contributed by atoms with van der Waals surface area (Å²) in [5.41, 5.74) is 0.926. The molecule has 1 saturated carbocycles. The predicted molar refractivity (Wildman–Crippen MR) is 82.9 cm³/mol. The number of halogens is 1. The number of rotatable bonds is 5. The van der Waals surface area contributed by atoms with E-state index in [0.29, 0.717) is 24.5 Å². The normalized spacial score (nSPS) is 22.6. The average molecular weight is 298 g/mol. The SMILES string of the molecule is CCCOc1cc(C)nc(N(C)C2CCCCC2Cl)n1. The van der Waals surface area contributed by atoms with Gasteiger partial charge in [-0.05, 0) is 26.2 Å². The second kappa shape index (κ2) is 7.11. The lowest BCUT2D eigenvalue weighted by Crippen LogP contribution is -2.41. The van der Waals surface area contributed by atoms with Crippen LogP contribution in [0.4, 0.5) is 5.95 Å². The number of hydrogen-bond donors (Lipinski definition) is 0. The molecule has 5 heteroatoms. The van der Waals surface area contributed by atoms with Gasteiger partial charge in [0.15, 0.2) is 0 Å². The van der Waals surface area contributed by atoms with E-state index < -0.39 is 0 Å². The van der Waals surface area contributed by atoms with E-state index in [1.165, 1.54) is 12.8 Å². The number of aryl methyl sites for hydroxylation is 1. The van der Waals surface area contributed by atoms with E-state index in [1.807, 2.05) is 20.0 Å². The molecule has 0 N–H and O–H groups in total. The van der Waals surface area contributed by atoms with Gasteiger partial charge in [0.05, 0.1) is 12.0 Å². The summed E-state index contributed by atoms with van der Waals surface area (Å²) >= 11 is 6.46. The summed E-state index contributed by atoms with van der Waals surface area (Å²) in [6, 6.07) is 2.19. The molecule has 0 saturated heterocycles. The van der Waals surface area contributed by atoms with Crippen molar-refractivity contribution in [3.63, 3.8) is 0 Å². The number of nitrogens with zero attached hydrogens (tertiary/aromatic N) is 3. The monoisotopic (exact) mass is 297 g/mol. The molecule has 20 heavy (non-hydrogen) atoms. The minimum absolute atomic E-state index is 0.179. The van der Waals surface area contributed by atoms with E-state index in [0.717, 1.165) is 25.0 Å². The summed E-state index contributed by atoms with van der Waals surface area (Å²) < 4.78 is 5.63. The van der Waals surface area contributed by atoms with Crippen LogP contribution in [0.3, 0.4) is 0 Å². The number of alkyl halides is 1. The summed E-state index contributed by atoms with van der Waals surface area (Å²) in [6.07, 6.45) is 5.59. The topological polar surface area (TPSA) is 38.2 Å². The van der Waals surface area contributed by atoms with Crippen molar-refractivity contribution in [2.75, 3.05) is 18.6 Å². The van der Waals surface area contributed by atoms with Crippen LogP contribution < -0.4 is 9.64 Å². The average Bonchev–Trinajstić information content (AvgIpc) is 2.44. The first kappa shape index (κ1) is 15.4. The van der Waals surface area contributed by atoms with Gasteiger partial charge in [-0.1, -0.05) is 19.8 Å². The molecule has 112 valence electrons. The maximum Gasteiger partial charge on any atom is 0.228 e. The third kappa shape index (κ3) is 3.75. The fourth-order valence-corrected chi connectivity index (χ4v) is 3.06. The van der Waals surface area contributed by atoms with Gasteiger partial charge >= 0.3 is 0 Å². The molecule has 2 unspecified atom stereocenters. The fraction of sp³-hybridized carbons (Fsp3) is 0.733. The summed E-state index contributed by atoms with van der Waals surface area (Å²) in [7, 11) is 2.03. The standard InChI is InChI=1S/C15H24ClN3O/c1-4-9-20-14-10-11(2)17-15(18-14)19(3)13-8-6-5-7-12(13)16/h10,12-13H,4-9H2,1-3H3. The van der Waals surface area contributed by atoms with E-state index in [4.69, 9.17) is 16.3 Å². The number of aromatic nitrogens is 2. The lowest BCUT2D eigenvalue weighted by Gasteiger charge is -2.35. The molecule has 0 radical (unpaired) electrons. The number of hydrogen-bond acceptors (Lipinski definition) is 4. The Kier molecular flexibility index (Phi) is 5.46. The van der Waals surface area contributed by atoms with Gasteiger partial charge in [0.1, 0.15) is 0 Å². The number of anilines is 1. The zero-order chi connectivity index (χ0) is 14.5. The highest BCUT2D eigenvalue weighted by atomic mass is 35.5. The summed E-state index contributed by atoms with van der Waals surface area (Å²) in [6.45, 7) is 4.74. The summed E-state index contributed by atoms with van der Waals surface area (Å²) in [4.78, 5) is 11.2. The molecule has 0 aromatic carbocycles. The highest BCUT2D eigenvalue weighted by Crippen LogP contribution is 2.29. The van der Waals surface area contributed by atoms with Crippen molar-refractivity contribution in [3.8, 4) is 5.88 Å². The van der Waals surface area contributed by atoms with Gasteiger partial charge in [-0.25, -0.2) is 4.98 Å². The molecule has 1 fully saturated rings. The van der Waals surface area contributed by atoms with Gasteiger partial charge in [-0.2, -0.15) is 4.98 Å². The van der Waals surface area contributed by atoms with Gasteiger partial charge in [0.25, 0.3) is 0 Å². The van der Waals surface area contributed by atoms with Gasteiger partial charge in [-0.15, -0.1) is 11.6 Å². The summed E-state index contributed by atoms with van der Waals surface area (Å²) in [5, 5.41) is 0.179. The van der Waals surface area contributed by atoms with E-state index in [9.17, 15) is 0 Å². The molecule has 1 heterocycles. The van der Waals surface area contributed by atoms with Crippen molar-refractivity contribution in [1.82, 2.24) is 9.97 Å². The Labute approximate surface area is 126 Å². The van der Waals surface area contributed by atoms with Crippen molar-refractivity contribution in [1.29, 1.82) is 0 Å². The van der Waals surface area contributed by atoms with Crippen molar-refractivity contribution in [2.24, 2.45) is 0 Å². The molecule has 1 aliphatic carbocycles. The lowest BCUT2D eigenvalue weighted by atomic mass is 9.94. The van der Waals surface area contributed by atoms with E-state index >= 15 is 0 Å². The molecule has 1 aromatic rings. The Morgan fingerprint density at radius 2 is 2.10 bits per heavy atom. The predicted octanol–water partition coefficient (Wildman–Crippen LogP) is 3.56. The van der Waals surface area contributed by atoms with Gasteiger partial charge in [0, 0.05) is 24.8 Å². The minimum atomic E-state index is 0.179. The molecule has 0 spiro atoms. The van der Waals surface area contributed by atoms with Crippen LogP contribution in [0.25, 0.3) is 0 Å².